The number of hydrogen-bond acceptors (Lipinski definition) is 4. The zero-order valence-electron chi connectivity index (χ0n) is 12.4. The molecule has 0 aromatic heterocycles. The van der Waals surface area contributed by atoms with Gasteiger partial charge in [-0.05, 0) is 30.7 Å². The van der Waals surface area contributed by atoms with Gasteiger partial charge >= 0.3 is 35.5 Å². The zero-order chi connectivity index (χ0) is 15.9. The molecule has 0 aliphatic heterocycles. The molecule has 1 N–H and O–H groups in total. The summed E-state index contributed by atoms with van der Waals surface area (Å²) in [6, 6.07) is 5.10. The normalized spacial score (nSPS) is 12.3. The van der Waals surface area contributed by atoms with E-state index in [1.165, 1.54) is 30.7 Å². The van der Waals surface area contributed by atoms with Crippen molar-refractivity contribution in [2.45, 2.75) is 50.8 Å². The summed E-state index contributed by atoms with van der Waals surface area (Å²) in [4.78, 5) is 11.6. The fraction of sp³-hybridized carbons (Fsp3) is 0.533. The van der Waals surface area contributed by atoms with Crippen molar-refractivity contribution in [3.8, 4) is 5.75 Å². The van der Waals surface area contributed by atoms with Gasteiger partial charge in [0, 0.05) is 0 Å². The van der Waals surface area contributed by atoms with Crippen molar-refractivity contribution in [2.75, 3.05) is 0 Å². The van der Waals surface area contributed by atoms with E-state index >= 15 is 0 Å². The summed E-state index contributed by atoms with van der Waals surface area (Å²) in [5.74, 6) is -0.248. The third-order valence-electron chi connectivity index (χ3n) is 3.23. The van der Waals surface area contributed by atoms with Gasteiger partial charge in [-0.3, -0.25) is 9.35 Å². The van der Waals surface area contributed by atoms with Gasteiger partial charge in [-0.2, -0.15) is 8.42 Å². The SMILES string of the molecule is CCCCCCC(C)C(=O)Oc1ccc(S(=O)(=O)O)cc1.[NaH]. The Hall–Kier alpha value is -0.400. The first-order valence-corrected chi connectivity index (χ1v) is 8.58. The van der Waals surface area contributed by atoms with E-state index in [1.807, 2.05) is 6.92 Å². The Morgan fingerprint density at radius 3 is 2.27 bits per heavy atom. The second-order valence-corrected chi connectivity index (χ2v) is 6.54. The molecular formula is C15H23NaO5S. The minimum atomic E-state index is -4.22. The van der Waals surface area contributed by atoms with Crippen molar-refractivity contribution in [1.29, 1.82) is 0 Å². The van der Waals surface area contributed by atoms with Crippen molar-refractivity contribution in [1.82, 2.24) is 0 Å². The fourth-order valence-electron chi connectivity index (χ4n) is 1.89. The average Bonchev–Trinajstić information content (AvgIpc) is 2.43. The van der Waals surface area contributed by atoms with Crippen molar-refractivity contribution >= 4 is 45.6 Å². The summed E-state index contributed by atoms with van der Waals surface area (Å²) in [7, 11) is -4.22. The number of rotatable bonds is 8. The van der Waals surface area contributed by atoms with Crippen LogP contribution in [0.5, 0.6) is 5.75 Å². The number of hydrogen-bond donors (Lipinski definition) is 1. The molecular weight excluding hydrogens is 315 g/mol. The van der Waals surface area contributed by atoms with E-state index in [-0.39, 0.29) is 52.1 Å². The van der Waals surface area contributed by atoms with Crippen molar-refractivity contribution in [3.63, 3.8) is 0 Å². The van der Waals surface area contributed by atoms with E-state index in [2.05, 4.69) is 6.92 Å². The number of carbonyl (C=O) groups is 1. The molecule has 0 fully saturated rings. The Labute approximate surface area is 154 Å². The molecule has 0 aliphatic carbocycles. The topological polar surface area (TPSA) is 80.7 Å². The Morgan fingerprint density at radius 1 is 1.18 bits per heavy atom. The summed E-state index contributed by atoms with van der Waals surface area (Å²) < 4.78 is 35.8. The van der Waals surface area contributed by atoms with Gasteiger partial charge in [0.15, 0.2) is 0 Å². The maximum atomic E-state index is 11.9. The third-order valence-corrected chi connectivity index (χ3v) is 4.10. The van der Waals surface area contributed by atoms with Crippen LogP contribution in [0.2, 0.25) is 0 Å². The molecule has 7 heteroatoms. The van der Waals surface area contributed by atoms with Gasteiger partial charge in [0.25, 0.3) is 10.1 Å². The summed E-state index contributed by atoms with van der Waals surface area (Å²) in [6.07, 6.45) is 5.20. The fourth-order valence-corrected chi connectivity index (χ4v) is 2.37. The van der Waals surface area contributed by atoms with Gasteiger partial charge in [-0.1, -0.05) is 39.5 Å². The monoisotopic (exact) mass is 338 g/mol. The molecule has 120 valence electrons. The molecule has 22 heavy (non-hydrogen) atoms. The van der Waals surface area contributed by atoms with E-state index in [1.54, 1.807) is 0 Å². The summed E-state index contributed by atoms with van der Waals surface area (Å²) in [5, 5.41) is 0. The van der Waals surface area contributed by atoms with Crippen molar-refractivity contribution in [2.24, 2.45) is 5.92 Å². The third kappa shape index (κ3) is 7.74. The van der Waals surface area contributed by atoms with Crippen LogP contribution >= 0.6 is 0 Å². The van der Waals surface area contributed by atoms with Gasteiger partial charge in [-0.25, -0.2) is 0 Å². The average molecular weight is 338 g/mol. The molecule has 1 rings (SSSR count). The first kappa shape index (κ1) is 21.6. The van der Waals surface area contributed by atoms with Gasteiger partial charge in [-0.15, -0.1) is 0 Å². The van der Waals surface area contributed by atoms with Crippen LogP contribution in [0.3, 0.4) is 0 Å². The molecule has 0 spiro atoms. The Bertz CT molecular complexity index is 554. The summed E-state index contributed by atoms with van der Waals surface area (Å²) >= 11 is 0. The predicted molar refractivity (Wildman–Crippen MR) is 87.0 cm³/mol. The van der Waals surface area contributed by atoms with E-state index in [9.17, 15) is 13.2 Å². The quantitative estimate of drug-likeness (QED) is 0.259. The molecule has 1 unspecified atom stereocenters. The van der Waals surface area contributed by atoms with Crippen LogP contribution in [0.1, 0.15) is 46.0 Å². The number of ether oxygens (including phenoxy) is 1. The Balaban J connectivity index is 0.00000441. The second kappa shape index (κ2) is 10.4. The molecule has 0 aliphatic rings. The number of carbonyl (C=O) groups excluding carboxylic acids is 1. The zero-order valence-corrected chi connectivity index (χ0v) is 13.2. The molecule has 0 radical (unpaired) electrons. The van der Waals surface area contributed by atoms with Gasteiger partial charge in [0.1, 0.15) is 5.75 Å². The van der Waals surface area contributed by atoms with Crippen molar-refractivity contribution < 1.29 is 22.5 Å². The molecule has 0 amide bonds. The second-order valence-electron chi connectivity index (χ2n) is 5.12. The van der Waals surface area contributed by atoms with Crippen LogP contribution in [0.4, 0.5) is 0 Å². The van der Waals surface area contributed by atoms with E-state index in [0.717, 1.165) is 25.7 Å². The Kier molecular flexibility index (Phi) is 10.2. The van der Waals surface area contributed by atoms with Crippen LogP contribution < -0.4 is 4.74 Å². The molecule has 0 bridgehead atoms. The van der Waals surface area contributed by atoms with Crippen LogP contribution in [0.25, 0.3) is 0 Å². The predicted octanol–water partition coefficient (Wildman–Crippen LogP) is 2.80. The molecule has 1 aromatic rings. The number of benzene rings is 1. The molecule has 5 nitrogen and oxygen atoms in total. The van der Waals surface area contributed by atoms with E-state index in [0.29, 0.717) is 0 Å². The minimum absolute atomic E-state index is 0. The molecule has 0 heterocycles. The van der Waals surface area contributed by atoms with E-state index in [4.69, 9.17) is 9.29 Å². The molecule has 0 saturated heterocycles. The first-order valence-electron chi connectivity index (χ1n) is 7.14. The molecule has 0 saturated carbocycles. The van der Waals surface area contributed by atoms with Gasteiger partial charge in [0.05, 0.1) is 10.8 Å². The molecule has 1 atom stereocenters. The number of esters is 1. The summed E-state index contributed by atoms with van der Waals surface area (Å²) in [5.41, 5.74) is 0. The van der Waals surface area contributed by atoms with E-state index < -0.39 is 10.1 Å². The molecule has 1 aromatic carbocycles. The van der Waals surface area contributed by atoms with Gasteiger partial charge < -0.3 is 4.74 Å². The first-order chi connectivity index (χ1) is 9.84. The maximum absolute atomic E-state index is 11.9. The van der Waals surface area contributed by atoms with Gasteiger partial charge in [0.2, 0.25) is 0 Å². The van der Waals surface area contributed by atoms with Crippen LogP contribution in [0.15, 0.2) is 29.2 Å². The number of unbranched alkanes of at least 4 members (excludes halogenated alkanes) is 3. The van der Waals surface area contributed by atoms with Crippen molar-refractivity contribution in [3.05, 3.63) is 24.3 Å². The van der Waals surface area contributed by atoms with Crippen LogP contribution in [-0.2, 0) is 14.9 Å². The van der Waals surface area contributed by atoms with Crippen LogP contribution in [-0.4, -0.2) is 48.5 Å². The summed E-state index contributed by atoms with van der Waals surface area (Å²) in [6.45, 7) is 3.95. The standard InChI is InChI=1S/C15H22O5S.Na.H/c1-3-4-5-6-7-12(2)15(16)20-13-8-10-14(11-9-13)21(17,18)19;;/h8-12H,3-7H2,1-2H3,(H,17,18,19);;. The van der Waals surface area contributed by atoms with Crippen LogP contribution in [0, 0.1) is 5.92 Å². The Morgan fingerprint density at radius 2 is 1.77 bits per heavy atom.